The Hall–Kier alpha value is -5.46. The largest absolute Gasteiger partial charge is 1.00 e. The van der Waals surface area contributed by atoms with Crippen molar-refractivity contribution in [3.8, 4) is 0 Å². The molecule has 2 aromatic heterocycles. The summed E-state index contributed by atoms with van der Waals surface area (Å²) in [6.07, 6.45) is 1.16. The molecule has 54 heavy (non-hydrogen) atoms. The van der Waals surface area contributed by atoms with Crippen molar-refractivity contribution < 1.29 is 36.8 Å². The quantitative estimate of drug-likeness (QED) is 0.334. The predicted molar refractivity (Wildman–Crippen MR) is 202 cm³/mol. The van der Waals surface area contributed by atoms with Gasteiger partial charge in [0.2, 0.25) is 0 Å². The number of hydrogen-bond acceptors (Lipinski definition) is 8. The summed E-state index contributed by atoms with van der Waals surface area (Å²) < 4.78 is 5.41. The van der Waals surface area contributed by atoms with Gasteiger partial charge in [-0.15, -0.1) is 0 Å². The number of carbonyl (C=O) groups excluding carboxylic acids is 3. The Morgan fingerprint density at radius 2 is 1.04 bits per heavy atom. The van der Waals surface area contributed by atoms with Crippen molar-refractivity contribution in [2.45, 2.75) is 39.2 Å². The molecule has 4 aliphatic heterocycles. The van der Waals surface area contributed by atoms with E-state index in [4.69, 9.17) is 4.74 Å². The lowest BCUT2D eigenvalue weighted by Gasteiger charge is -2.35. The Balaban J connectivity index is 0.000000187. The van der Waals surface area contributed by atoms with E-state index < -0.39 is 5.60 Å². The second-order valence-corrected chi connectivity index (χ2v) is 14.5. The van der Waals surface area contributed by atoms with Gasteiger partial charge < -0.3 is 37.2 Å². The van der Waals surface area contributed by atoms with Gasteiger partial charge in [-0.1, -0.05) is 48.5 Å². The van der Waals surface area contributed by atoms with Crippen LogP contribution < -0.4 is 17.7 Å². The summed E-state index contributed by atoms with van der Waals surface area (Å²) in [5.41, 5.74) is 8.08. The minimum absolute atomic E-state index is 0. The number of benzene rings is 2. The third kappa shape index (κ3) is 9.00. The topological polar surface area (TPSA) is 137 Å². The third-order valence-corrected chi connectivity index (χ3v) is 9.45. The molecule has 0 unspecified atom stereocenters. The molecule has 2 fully saturated rings. The number of aromatic nitrogens is 2. The fourth-order valence-electron chi connectivity index (χ4n) is 6.69. The molecule has 12 nitrogen and oxygen atoms in total. The zero-order valence-electron chi connectivity index (χ0n) is 30.9. The molecule has 0 radical (unpaired) electrons. The fraction of sp³-hybridized carbons (Fsp3) is 0.341. The van der Waals surface area contributed by atoms with Gasteiger partial charge in [-0.2, -0.15) is 0 Å². The lowest BCUT2D eigenvalue weighted by molar-refractivity contribution is -0.661. The molecule has 4 aliphatic rings. The third-order valence-electron chi connectivity index (χ3n) is 9.45. The number of quaternary nitrogens is 1. The molecule has 6 heterocycles. The molecular formula is C41H45ClN8O4. The van der Waals surface area contributed by atoms with Crippen molar-refractivity contribution in [1.82, 2.24) is 24.7 Å². The highest BCUT2D eigenvalue weighted by molar-refractivity contribution is 6.07. The van der Waals surface area contributed by atoms with E-state index >= 15 is 0 Å². The van der Waals surface area contributed by atoms with E-state index in [1.807, 2.05) is 86.3 Å². The van der Waals surface area contributed by atoms with Gasteiger partial charge in [0.05, 0.1) is 60.4 Å². The predicted octanol–water partition coefficient (Wildman–Crippen LogP) is 1.23. The van der Waals surface area contributed by atoms with Crippen molar-refractivity contribution in [3.05, 3.63) is 119 Å². The normalized spacial score (nSPS) is 16.2. The number of pyridine rings is 2. The molecule has 0 aliphatic carbocycles. The van der Waals surface area contributed by atoms with Crippen LogP contribution in [0.1, 0.15) is 64.3 Å². The van der Waals surface area contributed by atoms with Crippen LogP contribution in [0.25, 0.3) is 0 Å². The van der Waals surface area contributed by atoms with Gasteiger partial charge in [0, 0.05) is 39.0 Å². The van der Waals surface area contributed by atoms with Gasteiger partial charge in [0.25, 0.3) is 11.8 Å². The molecule has 13 heteroatoms. The average molecular weight is 749 g/mol. The molecule has 3 amide bonds. The second-order valence-electron chi connectivity index (χ2n) is 14.5. The van der Waals surface area contributed by atoms with Gasteiger partial charge in [-0.05, 0) is 68.3 Å². The number of hydrogen-bond donors (Lipinski definition) is 1. The molecule has 0 bridgehead atoms. The summed E-state index contributed by atoms with van der Waals surface area (Å²) in [7, 11) is 0. The van der Waals surface area contributed by atoms with Crippen LogP contribution >= 0.6 is 0 Å². The molecule has 2 saturated heterocycles. The molecule has 8 rings (SSSR count). The van der Waals surface area contributed by atoms with E-state index in [9.17, 15) is 14.4 Å². The molecule has 0 atom stereocenters. The number of ether oxygens (including phenoxy) is 1. The van der Waals surface area contributed by atoms with E-state index in [0.717, 1.165) is 73.2 Å². The highest BCUT2D eigenvalue weighted by Crippen LogP contribution is 2.29. The van der Waals surface area contributed by atoms with E-state index in [1.165, 1.54) is 11.1 Å². The summed E-state index contributed by atoms with van der Waals surface area (Å²) >= 11 is 0. The van der Waals surface area contributed by atoms with E-state index in [-0.39, 0.29) is 30.3 Å². The van der Waals surface area contributed by atoms with E-state index in [0.29, 0.717) is 37.6 Å². The highest BCUT2D eigenvalue weighted by Gasteiger charge is 2.29. The number of fused-ring (bicyclic) bond motifs is 2. The number of amides is 3. The zero-order chi connectivity index (χ0) is 37.0. The van der Waals surface area contributed by atoms with Crippen molar-refractivity contribution in [1.29, 1.82) is 0 Å². The number of rotatable bonds is 4. The van der Waals surface area contributed by atoms with Crippen LogP contribution in [0.15, 0.2) is 94.9 Å². The summed E-state index contributed by atoms with van der Waals surface area (Å²) in [6, 6.07) is 27.2. The molecule has 4 aromatic rings. The van der Waals surface area contributed by atoms with Crippen LogP contribution in [0, 0.1) is 0 Å². The second kappa shape index (κ2) is 16.7. The molecule has 0 saturated carbocycles. The van der Waals surface area contributed by atoms with Gasteiger partial charge in [0.15, 0.2) is 0 Å². The summed E-state index contributed by atoms with van der Waals surface area (Å²) in [5.74, 6) is -0.104. The Kier molecular flexibility index (Phi) is 11.8. The minimum atomic E-state index is -0.531. The number of para-hydroxylation sites is 2. The zero-order valence-corrected chi connectivity index (χ0v) is 31.6. The Bertz CT molecular complexity index is 2080. The monoisotopic (exact) mass is 748 g/mol. The average Bonchev–Trinajstić information content (AvgIpc) is 3.83. The van der Waals surface area contributed by atoms with Crippen LogP contribution in [0.5, 0.6) is 0 Å². The van der Waals surface area contributed by atoms with Gasteiger partial charge >= 0.3 is 6.09 Å². The molecule has 280 valence electrons. The first-order valence-corrected chi connectivity index (χ1v) is 18.3. The first-order chi connectivity index (χ1) is 25.6. The van der Waals surface area contributed by atoms with Gasteiger partial charge in [-0.25, -0.2) is 14.8 Å². The van der Waals surface area contributed by atoms with E-state index in [2.05, 4.69) is 37.4 Å². The number of aliphatic imine (C=N–C) groups is 2. The van der Waals surface area contributed by atoms with E-state index in [1.54, 1.807) is 21.9 Å². The number of carbonyl (C=O) groups is 3. The minimum Gasteiger partial charge on any atom is -1.00 e. The maximum atomic E-state index is 13.0. The molecule has 2 aromatic carbocycles. The van der Waals surface area contributed by atoms with Crippen LogP contribution in [-0.2, 0) is 17.6 Å². The molecule has 0 spiro atoms. The summed E-state index contributed by atoms with van der Waals surface area (Å²) in [5, 5.41) is 2.23. The smallest absolute Gasteiger partial charge is 0.410 e. The maximum Gasteiger partial charge on any atom is 0.410 e. The maximum absolute atomic E-state index is 13.0. The summed E-state index contributed by atoms with van der Waals surface area (Å²) in [4.78, 5) is 61.5. The Labute approximate surface area is 321 Å². The Morgan fingerprint density at radius 3 is 1.50 bits per heavy atom. The lowest BCUT2D eigenvalue weighted by Crippen LogP contribution is -3.00. The lowest BCUT2D eigenvalue weighted by atomic mass is 10.1. The molecular weight excluding hydrogens is 704 g/mol. The number of piperazine rings is 2. The van der Waals surface area contributed by atoms with Crippen LogP contribution in [-0.4, -0.2) is 112 Å². The number of halogens is 1. The Morgan fingerprint density at radius 1 is 0.593 bits per heavy atom. The summed E-state index contributed by atoms with van der Waals surface area (Å²) in [6.45, 7) is 10.8. The number of nitrogens with zero attached hydrogens (tertiary/aromatic N) is 7. The first-order valence-electron chi connectivity index (χ1n) is 18.3. The van der Waals surface area contributed by atoms with Gasteiger partial charge in [0.1, 0.15) is 17.0 Å². The van der Waals surface area contributed by atoms with Crippen molar-refractivity contribution >= 4 is 40.7 Å². The SMILES string of the molecule is CC(C)(C)OC(=O)N1CCN(C(=O)c2cccc(C3=Nc4ccccc4C3)n2)CC1.O=C(c1cccc(C2=Nc3ccccc3C2)n1)N1CC[NH2+]CC1.[Cl-]. The highest BCUT2D eigenvalue weighted by atomic mass is 35.5. The van der Waals surface area contributed by atoms with Crippen LogP contribution in [0.2, 0.25) is 0 Å². The van der Waals surface area contributed by atoms with Crippen molar-refractivity contribution in [3.63, 3.8) is 0 Å². The fourth-order valence-corrected chi connectivity index (χ4v) is 6.69. The van der Waals surface area contributed by atoms with Crippen molar-refractivity contribution in [2.75, 3.05) is 52.4 Å². The first kappa shape index (κ1) is 38.3. The van der Waals surface area contributed by atoms with Crippen LogP contribution in [0.3, 0.4) is 0 Å². The van der Waals surface area contributed by atoms with Gasteiger partial charge in [-0.3, -0.25) is 19.6 Å². The number of nitrogens with two attached hydrogens (primary N) is 1. The molecule has 2 N–H and O–H groups in total. The standard InChI is InChI=1S/C23H26N4O3.C18H18N4O.ClH/c1-23(2,3)30-22(29)27-13-11-26(12-14-27)21(28)19-10-6-9-18(25-19)20-15-16-7-4-5-8-17(16)24-20;23-18(22-10-8-19-9-11-22)16-7-3-6-15(21-16)17-12-13-4-1-2-5-14(13)20-17;/h4-10H,11-15H2,1-3H3;1-7,19H,8-12H2;1H. The van der Waals surface area contributed by atoms with Crippen LogP contribution in [0.4, 0.5) is 16.2 Å². The van der Waals surface area contributed by atoms with Crippen molar-refractivity contribution in [2.24, 2.45) is 9.98 Å².